The average molecular weight is 270 g/mol. The normalized spacial score (nSPS) is 11.3. The smallest absolute Gasteiger partial charge is 0.274 e. The van der Waals surface area contributed by atoms with E-state index in [1.54, 1.807) is 12.1 Å². The van der Waals surface area contributed by atoms with Crippen LogP contribution in [0.15, 0.2) is 35.9 Å². The third kappa shape index (κ3) is 2.50. The van der Waals surface area contributed by atoms with Crippen molar-refractivity contribution in [1.29, 1.82) is 0 Å². The summed E-state index contributed by atoms with van der Waals surface area (Å²) in [6.07, 6.45) is 4.53. The van der Waals surface area contributed by atoms with Crippen molar-refractivity contribution in [2.24, 2.45) is 0 Å². The predicted molar refractivity (Wildman–Crippen MR) is 80.7 cm³/mol. The molecule has 0 saturated carbocycles. The first kappa shape index (κ1) is 14.1. The fraction of sp³-hybridized carbons (Fsp3) is 0.250. The summed E-state index contributed by atoms with van der Waals surface area (Å²) in [5.74, 6) is 0.0252. The van der Waals surface area contributed by atoms with E-state index in [0.717, 1.165) is 5.56 Å². The van der Waals surface area contributed by atoms with E-state index in [4.69, 9.17) is 0 Å². The van der Waals surface area contributed by atoms with Gasteiger partial charge in [-0.3, -0.25) is 4.79 Å². The van der Waals surface area contributed by atoms with Gasteiger partial charge in [-0.1, -0.05) is 33.4 Å². The molecule has 4 nitrogen and oxygen atoms in total. The second-order valence-electron chi connectivity index (χ2n) is 5.68. The molecule has 0 unspecified atom stereocenters. The zero-order chi connectivity index (χ0) is 14.9. The van der Waals surface area contributed by atoms with E-state index >= 15 is 0 Å². The van der Waals surface area contributed by atoms with Gasteiger partial charge in [0.15, 0.2) is 0 Å². The predicted octanol–water partition coefficient (Wildman–Crippen LogP) is 3.08. The SMILES string of the molecule is C=Cc1cc(C(C)(C)C)cc(-c2ncc[nH]c2=O)c1O. The highest BCUT2D eigenvalue weighted by Crippen LogP contribution is 2.35. The quantitative estimate of drug-likeness (QED) is 0.881. The Morgan fingerprint density at radius 3 is 2.60 bits per heavy atom. The molecular formula is C16H18N2O2. The summed E-state index contributed by atoms with van der Waals surface area (Å²) in [5.41, 5.74) is 1.79. The highest BCUT2D eigenvalue weighted by molar-refractivity contribution is 5.74. The maximum atomic E-state index is 11.9. The summed E-state index contributed by atoms with van der Waals surface area (Å²) in [7, 11) is 0. The molecule has 0 aliphatic carbocycles. The fourth-order valence-electron chi connectivity index (χ4n) is 1.97. The second-order valence-corrected chi connectivity index (χ2v) is 5.68. The summed E-state index contributed by atoms with van der Waals surface area (Å²) < 4.78 is 0. The van der Waals surface area contributed by atoms with E-state index in [2.05, 4.69) is 37.3 Å². The average Bonchev–Trinajstić information content (AvgIpc) is 2.38. The molecule has 0 saturated heterocycles. The van der Waals surface area contributed by atoms with Gasteiger partial charge < -0.3 is 10.1 Å². The van der Waals surface area contributed by atoms with E-state index in [-0.39, 0.29) is 22.4 Å². The van der Waals surface area contributed by atoms with Crippen LogP contribution < -0.4 is 5.56 Å². The van der Waals surface area contributed by atoms with Crippen molar-refractivity contribution in [3.8, 4) is 17.0 Å². The number of nitrogens with zero attached hydrogens (tertiary/aromatic N) is 1. The fourth-order valence-corrected chi connectivity index (χ4v) is 1.97. The molecule has 2 rings (SSSR count). The lowest BCUT2D eigenvalue weighted by Crippen LogP contribution is -2.14. The number of rotatable bonds is 2. The molecule has 0 fully saturated rings. The summed E-state index contributed by atoms with van der Waals surface area (Å²) in [6.45, 7) is 9.91. The van der Waals surface area contributed by atoms with Crippen molar-refractivity contribution < 1.29 is 5.11 Å². The molecule has 0 spiro atoms. The summed E-state index contributed by atoms with van der Waals surface area (Å²) >= 11 is 0. The Morgan fingerprint density at radius 1 is 1.35 bits per heavy atom. The molecule has 0 bridgehead atoms. The molecule has 20 heavy (non-hydrogen) atoms. The number of phenolic OH excluding ortho intramolecular Hbond substituents is 1. The van der Waals surface area contributed by atoms with Crippen molar-refractivity contribution in [3.05, 3.63) is 52.6 Å². The number of aromatic hydroxyl groups is 1. The molecule has 4 heteroatoms. The Morgan fingerprint density at radius 2 is 2.05 bits per heavy atom. The minimum Gasteiger partial charge on any atom is -0.507 e. The van der Waals surface area contributed by atoms with Crippen molar-refractivity contribution in [1.82, 2.24) is 9.97 Å². The summed E-state index contributed by atoms with van der Waals surface area (Å²) in [4.78, 5) is 18.5. The number of phenols is 1. The van der Waals surface area contributed by atoms with Crippen LogP contribution >= 0.6 is 0 Å². The van der Waals surface area contributed by atoms with Crippen LogP contribution in [0.3, 0.4) is 0 Å². The lowest BCUT2D eigenvalue weighted by Gasteiger charge is -2.21. The number of aromatic amines is 1. The third-order valence-corrected chi connectivity index (χ3v) is 3.19. The molecule has 0 aliphatic heterocycles. The van der Waals surface area contributed by atoms with E-state index in [0.29, 0.717) is 11.1 Å². The van der Waals surface area contributed by atoms with Crippen LogP contribution in [0.5, 0.6) is 5.75 Å². The Kier molecular flexibility index (Phi) is 3.49. The molecule has 104 valence electrons. The molecular weight excluding hydrogens is 252 g/mol. The number of aromatic nitrogens is 2. The van der Waals surface area contributed by atoms with Gasteiger partial charge in [-0.15, -0.1) is 0 Å². The van der Waals surface area contributed by atoms with E-state index in [1.807, 2.05) is 6.07 Å². The van der Waals surface area contributed by atoms with Gasteiger partial charge in [-0.25, -0.2) is 4.98 Å². The van der Waals surface area contributed by atoms with Gasteiger partial charge in [-0.2, -0.15) is 0 Å². The summed E-state index contributed by atoms with van der Waals surface area (Å²) in [6, 6.07) is 3.68. The lowest BCUT2D eigenvalue weighted by molar-refractivity contribution is 0.474. The first-order valence-electron chi connectivity index (χ1n) is 6.38. The third-order valence-electron chi connectivity index (χ3n) is 3.19. The highest BCUT2D eigenvalue weighted by atomic mass is 16.3. The van der Waals surface area contributed by atoms with Gasteiger partial charge in [0.05, 0.1) is 0 Å². The second kappa shape index (κ2) is 4.96. The number of hydrogen-bond donors (Lipinski definition) is 2. The lowest BCUT2D eigenvalue weighted by atomic mass is 9.84. The zero-order valence-electron chi connectivity index (χ0n) is 11.9. The minimum atomic E-state index is -0.330. The monoisotopic (exact) mass is 270 g/mol. The van der Waals surface area contributed by atoms with Crippen molar-refractivity contribution in [2.45, 2.75) is 26.2 Å². The molecule has 1 aromatic heterocycles. The number of hydrogen-bond acceptors (Lipinski definition) is 3. The first-order chi connectivity index (χ1) is 9.34. The Hall–Kier alpha value is -2.36. The van der Waals surface area contributed by atoms with Crippen LogP contribution in [0.4, 0.5) is 0 Å². The molecule has 0 aliphatic rings. The highest BCUT2D eigenvalue weighted by Gasteiger charge is 2.20. The van der Waals surface area contributed by atoms with E-state index < -0.39 is 0 Å². The van der Waals surface area contributed by atoms with Gasteiger partial charge in [0, 0.05) is 23.5 Å². The van der Waals surface area contributed by atoms with Crippen LogP contribution in [0.1, 0.15) is 31.9 Å². The van der Waals surface area contributed by atoms with Crippen LogP contribution in [-0.4, -0.2) is 15.1 Å². The van der Waals surface area contributed by atoms with Crippen LogP contribution in [0, 0.1) is 0 Å². The molecule has 1 heterocycles. The molecule has 0 atom stereocenters. The molecule has 2 N–H and O–H groups in total. The zero-order valence-corrected chi connectivity index (χ0v) is 11.9. The maximum absolute atomic E-state index is 11.9. The van der Waals surface area contributed by atoms with E-state index in [9.17, 15) is 9.90 Å². The Bertz CT molecular complexity index is 709. The van der Waals surface area contributed by atoms with Crippen molar-refractivity contribution in [2.75, 3.05) is 0 Å². The Labute approximate surface area is 117 Å². The molecule has 2 aromatic rings. The number of nitrogens with one attached hydrogen (secondary N) is 1. The van der Waals surface area contributed by atoms with Crippen LogP contribution in [-0.2, 0) is 5.41 Å². The van der Waals surface area contributed by atoms with Crippen molar-refractivity contribution >= 4 is 6.08 Å². The molecule has 0 amide bonds. The summed E-state index contributed by atoms with van der Waals surface area (Å²) in [5, 5.41) is 10.3. The van der Waals surface area contributed by atoms with Crippen LogP contribution in [0.2, 0.25) is 0 Å². The largest absolute Gasteiger partial charge is 0.507 e. The van der Waals surface area contributed by atoms with Gasteiger partial charge in [0.25, 0.3) is 5.56 Å². The molecule has 0 radical (unpaired) electrons. The minimum absolute atomic E-state index is 0.0252. The van der Waals surface area contributed by atoms with E-state index in [1.165, 1.54) is 12.4 Å². The first-order valence-corrected chi connectivity index (χ1v) is 6.38. The Balaban J connectivity index is 2.79. The van der Waals surface area contributed by atoms with Gasteiger partial charge in [-0.05, 0) is 23.1 Å². The number of benzene rings is 1. The maximum Gasteiger partial charge on any atom is 0.274 e. The standard InChI is InChI=1S/C16H18N2O2/c1-5-10-8-11(16(2,3)4)9-12(14(10)19)13-15(20)18-7-6-17-13/h5-9,19H,1H2,2-4H3,(H,18,20). The molecule has 1 aromatic carbocycles. The topological polar surface area (TPSA) is 66.0 Å². The van der Waals surface area contributed by atoms with Gasteiger partial charge in [0.1, 0.15) is 11.4 Å². The van der Waals surface area contributed by atoms with Gasteiger partial charge in [0.2, 0.25) is 0 Å². The van der Waals surface area contributed by atoms with Gasteiger partial charge >= 0.3 is 0 Å². The van der Waals surface area contributed by atoms with Crippen molar-refractivity contribution in [3.63, 3.8) is 0 Å². The van der Waals surface area contributed by atoms with Crippen LogP contribution in [0.25, 0.3) is 17.3 Å². The number of H-pyrrole nitrogens is 1.